The molecule has 162 valence electrons. The first kappa shape index (κ1) is 22.4. The maximum absolute atomic E-state index is 13.4. The Labute approximate surface area is 181 Å². The van der Waals surface area contributed by atoms with Crippen molar-refractivity contribution in [2.45, 2.75) is 65.1 Å². The number of benzene rings is 2. The summed E-state index contributed by atoms with van der Waals surface area (Å²) in [6, 6.07) is 16.9. The zero-order chi connectivity index (χ0) is 22.1. The second-order valence-corrected chi connectivity index (χ2v) is 9.69. The molecule has 2 aromatic carbocycles. The molecule has 1 amide bonds. The van der Waals surface area contributed by atoms with Crippen LogP contribution in [0.5, 0.6) is 5.75 Å². The van der Waals surface area contributed by atoms with Crippen molar-refractivity contribution in [1.29, 1.82) is 0 Å². The van der Waals surface area contributed by atoms with Crippen LogP contribution < -0.4 is 4.74 Å². The number of hydrogen-bond acceptors (Lipinski definition) is 3. The molecule has 30 heavy (non-hydrogen) atoms. The van der Waals surface area contributed by atoms with Crippen LogP contribution >= 0.6 is 0 Å². The summed E-state index contributed by atoms with van der Waals surface area (Å²) in [6.07, 6.45) is 0.782. The van der Waals surface area contributed by atoms with Crippen LogP contribution in [0.25, 0.3) is 0 Å². The highest BCUT2D eigenvalue weighted by molar-refractivity contribution is 5.88. The first-order valence-corrected chi connectivity index (χ1v) is 10.9. The molecule has 1 heterocycles. The van der Waals surface area contributed by atoms with Crippen molar-refractivity contribution in [1.82, 2.24) is 9.80 Å². The third-order valence-corrected chi connectivity index (χ3v) is 6.31. The van der Waals surface area contributed by atoms with Crippen molar-refractivity contribution in [3.63, 3.8) is 0 Å². The minimum atomic E-state index is -0.512. The summed E-state index contributed by atoms with van der Waals surface area (Å²) < 4.78 is 5.26. The van der Waals surface area contributed by atoms with E-state index in [0.29, 0.717) is 6.54 Å². The van der Waals surface area contributed by atoms with Crippen LogP contribution in [-0.2, 0) is 16.6 Å². The second-order valence-electron chi connectivity index (χ2n) is 9.69. The summed E-state index contributed by atoms with van der Waals surface area (Å²) in [5.41, 5.74) is 3.29. The Morgan fingerprint density at radius 2 is 1.60 bits per heavy atom. The average Bonchev–Trinajstić information content (AvgIpc) is 2.91. The first-order valence-electron chi connectivity index (χ1n) is 10.9. The largest absolute Gasteiger partial charge is 0.497 e. The van der Waals surface area contributed by atoms with E-state index in [4.69, 9.17) is 4.74 Å². The number of amides is 1. The summed E-state index contributed by atoms with van der Waals surface area (Å²) in [7, 11) is 1.68. The fraction of sp³-hybridized carbons (Fsp3) is 0.500. The Hall–Kier alpha value is -2.33. The molecule has 0 aromatic heterocycles. The van der Waals surface area contributed by atoms with E-state index < -0.39 is 5.54 Å². The van der Waals surface area contributed by atoms with Gasteiger partial charge in [-0.15, -0.1) is 0 Å². The van der Waals surface area contributed by atoms with E-state index >= 15 is 0 Å². The SMILES string of the molecule is CCN1C(c2ccc(C(C)(C)C)cc2)N(CCc2ccc(OC)cc2)C(=O)C1(C)C. The third kappa shape index (κ3) is 4.24. The number of carbonyl (C=O) groups is 1. The van der Waals surface area contributed by atoms with Crippen LogP contribution in [0.3, 0.4) is 0 Å². The highest BCUT2D eigenvalue weighted by Gasteiger charge is 2.51. The van der Waals surface area contributed by atoms with Gasteiger partial charge in [0.15, 0.2) is 0 Å². The van der Waals surface area contributed by atoms with Gasteiger partial charge in [-0.1, -0.05) is 64.1 Å². The van der Waals surface area contributed by atoms with E-state index in [1.807, 2.05) is 26.0 Å². The van der Waals surface area contributed by atoms with Gasteiger partial charge in [0.05, 0.1) is 12.6 Å². The monoisotopic (exact) mass is 408 g/mol. The van der Waals surface area contributed by atoms with Gasteiger partial charge in [-0.3, -0.25) is 9.69 Å². The van der Waals surface area contributed by atoms with E-state index in [2.05, 4.69) is 73.9 Å². The minimum absolute atomic E-state index is 0.0373. The van der Waals surface area contributed by atoms with Crippen LogP contribution in [0.2, 0.25) is 0 Å². The second kappa shape index (κ2) is 8.43. The molecule has 0 saturated carbocycles. The van der Waals surface area contributed by atoms with E-state index in [9.17, 15) is 4.79 Å². The first-order chi connectivity index (χ1) is 14.1. The molecule has 1 aliphatic heterocycles. The number of rotatable bonds is 6. The molecule has 1 atom stereocenters. The van der Waals surface area contributed by atoms with Crippen molar-refractivity contribution in [3.8, 4) is 5.75 Å². The summed E-state index contributed by atoms with van der Waals surface area (Å²) in [5, 5.41) is 0. The molecule has 3 rings (SSSR count). The molecule has 1 fully saturated rings. The number of carbonyl (C=O) groups excluding carboxylic acids is 1. The standard InChI is InChI=1S/C26H36N2O2/c1-8-28-23(20-11-13-21(14-12-20)25(2,3)4)27(24(29)26(28,5)6)18-17-19-9-15-22(30-7)16-10-19/h9-16,23H,8,17-18H2,1-7H3. The Morgan fingerprint density at radius 1 is 1.00 bits per heavy atom. The van der Waals surface area contributed by atoms with E-state index in [0.717, 1.165) is 18.7 Å². The van der Waals surface area contributed by atoms with Crippen LogP contribution in [0.1, 0.15) is 64.4 Å². The van der Waals surface area contributed by atoms with Gasteiger partial charge in [-0.2, -0.15) is 0 Å². The van der Waals surface area contributed by atoms with Gasteiger partial charge < -0.3 is 9.64 Å². The van der Waals surface area contributed by atoms with Crippen molar-refractivity contribution in [3.05, 3.63) is 65.2 Å². The Bertz CT molecular complexity index is 863. The molecule has 1 saturated heterocycles. The molecule has 2 aromatic rings. The number of likely N-dealkylation sites (N-methyl/N-ethyl adjacent to an activating group) is 1. The number of hydrogen-bond donors (Lipinski definition) is 0. The lowest BCUT2D eigenvalue weighted by molar-refractivity contribution is -0.132. The van der Waals surface area contributed by atoms with Crippen molar-refractivity contribution < 1.29 is 9.53 Å². The molecular formula is C26H36N2O2. The predicted molar refractivity (Wildman–Crippen MR) is 123 cm³/mol. The normalized spacial score (nSPS) is 19.4. The molecule has 0 N–H and O–H groups in total. The summed E-state index contributed by atoms with van der Waals surface area (Å²) in [4.78, 5) is 17.8. The van der Waals surface area contributed by atoms with E-state index in [-0.39, 0.29) is 17.5 Å². The molecule has 1 unspecified atom stereocenters. The maximum atomic E-state index is 13.4. The fourth-order valence-electron chi connectivity index (χ4n) is 4.41. The highest BCUT2D eigenvalue weighted by Crippen LogP contribution is 2.40. The lowest BCUT2D eigenvalue weighted by Gasteiger charge is -2.33. The average molecular weight is 409 g/mol. The van der Waals surface area contributed by atoms with Gasteiger partial charge in [0, 0.05) is 6.54 Å². The zero-order valence-corrected chi connectivity index (χ0v) is 19.5. The van der Waals surface area contributed by atoms with Gasteiger partial charge in [-0.25, -0.2) is 0 Å². The summed E-state index contributed by atoms with van der Waals surface area (Å²) >= 11 is 0. The summed E-state index contributed by atoms with van der Waals surface area (Å²) in [6.45, 7) is 14.4. The molecular weight excluding hydrogens is 372 g/mol. The number of nitrogens with zero attached hydrogens (tertiary/aromatic N) is 2. The van der Waals surface area contributed by atoms with Crippen LogP contribution in [0.15, 0.2) is 48.5 Å². The van der Waals surface area contributed by atoms with Crippen molar-refractivity contribution in [2.24, 2.45) is 0 Å². The fourth-order valence-corrected chi connectivity index (χ4v) is 4.41. The smallest absolute Gasteiger partial charge is 0.244 e. The Balaban J connectivity index is 1.89. The van der Waals surface area contributed by atoms with Crippen molar-refractivity contribution >= 4 is 5.91 Å². The van der Waals surface area contributed by atoms with Crippen LogP contribution in [-0.4, -0.2) is 41.4 Å². The Kier molecular flexibility index (Phi) is 6.28. The van der Waals surface area contributed by atoms with Gasteiger partial charge in [-0.05, 0) is 61.1 Å². The molecule has 1 aliphatic rings. The quantitative estimate of drug-likeness (QED) is 0.660. The molecule has 4 nitrogen and oxygen atoms in total. The van der Waals surface area contributed by atoms with Gasteiger partial charge in [0.2, 0.25) is 5.91 Å². The number of methoxy groups -OCH3 is 1. The van der Waals surface area contributed by atoms with Gasteiger partial charge in [0.25, 0.3) is 0 Å². The van der Waals surface area contributed by atoms with Crippen molar-refractivity contribution in [2.75, 3.05) is 20.2 Å². The molecule has 0 spiro atoms. The maximum Gasteiger partial charge on any atom is 0.244 e. The highest BCUT2D eigenvalue weighted by atomic mass is 16.5. The zero-order valence-electron chi connectivity index (χ0n) is 19.5. The van der Waals surface area contributed by atoms with E-state index in [1.165, 1.54) is 16.7 Å². The minimum Gasteiger partial charge on any atom is -0.497 e. The Morgan fingerprint density at radius 3 is 2.10 bits per heavy atom. The molecule has 0 radical (unpaired) electrons. The predicted octanol–water partition coefficient (Wildman–Crippen LogP) is 5.18. The van der Waals surface area contributed by atoms with E-state index in [1.54, 1.807) is 7.11 Å². The summed E-state index contributed by atoms with van der Waals surface area (Å²) in [5.74, 6) is 1.05. The molecule has 0 aliphatic carbocycles. The third-order valence-electron chi connectivity index (χ3n) is 6.31. The number of ether oxygens (including phenoxy) is 1. The van der Waals surface area contributed by atoms with Gasteiger partial charge >= 0.3 is 0 Å². The molecule has 4 heteroatoms. The topological polar surface area (TPSA) is 32.8 Å². The van der Waals surface area contributed by atoms with Gasteiger partial charge in [0.1, 0.15) is 11.9 Å². The van der Waals surface area contributed by atoms with Crippen LogP contribution in [0.4, 0.5) is 0 Å². The van der Waals surface area contributed by atoms with Crippen LogP contribution in [0, 0.1) is 0 Å². The lowest BCUT2D eigenvalue weighted by atomic mass is 9.86. The lowest BCUT2D eigenvalue weighted by Crippen LogP contribution is -2.43. The molecule has 0 bridgehead atoms.